The predicted octanol–water partition coefficient (Wildman–Crippen LogP) is 1.59. The lowest BCUT2D eigenvalue weighted by Gasteiger charge is -2.07. The van der Waals surface area contributed by atoms with E-state index in [1.165, 1.54) is 18.3 Å². The highest BCUT2D eigenvalue weighted by molar-refractivity contribution is 7.10. The second-order valence-corrected chi connectivity index (χ2v) is 4.18. The van der Waals surface area contributed by atoms with Gasteiger partial charge in [-0.25, -0.2) is 9.59 Å². The van der Waals surface area contributed by atoms with Crippen LogP contribution in [0.1, 0.15) is 10.4 Å². The molecule has 2 amide bonds. The van der Waals surface area contributed by atoms with Gasteiger partial charge in [0.2, 0.25) is 0 Å². The minimum Gasteiger partial charge on any atom is -0.507 e. The number of amides is 2. The number of phenols is 1. The SMILES string of the molecule is O=C(Nc1ccc(O)c(C(=O)O)c1)Nc1cnns1. The third-order valence-corrected chi connectivity index (χ3v) is 2.66. The van der Waals surface area contributed by atoms with Crippen LogP contribution in [-0.2, 0) is 0 Å². The minimum atomic E-state index is -1.28. The van der Waals surface area contributed by atoms with E-state index in [0.29, 0.717) is 5.00 Å². The van der Waals surface area contributed by atoms with Crippen molar-refractivity contribution in [3.05, 3.63) is 30.0 Å². The summed E-state index contributed by atoms with van der Waals surface area (Å²) in [5, 5.41) is 27.0. The number of nitrogens with zero attached hydrogens (tertiary/aromatic N) is 2. The summed E-state index contributed by atoms with van der Waals surface area (Å²) < 4.78 is 3.57. The van der Waals surface area contributed by atoms with E-state index >= 15 is 0 Å². The fourth-order valence-corrected chi connectivity index (χ4v) is 1.70. The summed E-state index contributed by atoms with van der Waals surface area (Å²) in [5.74, 6) is -1.65. The molecule has 1 aromatic carbocycles. The first-order valence-electron chi connectivity index (χ1n) is 4.98. The first kappa shape index (κ1) is 12.8. The Morgan fingerprint density at radius 2 is 2.05 bits per heavy atom. The maximum Gasteiger partial charge on any atom is 0.339 e. The Kier molecular flexibility index (Phi) is 3.57. The number of rotatable bonds is 3. The third kappa shape index (κ3) is 3.16. The second kappa shape index (κ2) is 5.31. The zero-order chi connectivity index (χ0) is 13.8. The number of benzene rings is 1. The van der Waals surface area contributed by atoms with Crippen LogP contribution in [0.5, 0.6) is 5.75 Å². The quantitative estimate of drug-likeness (QED) is 0.633. The zero-order valence-corrected chi connectivity index (χ0v) is 10.1. The summed E-state index contributed by atoms with van der Waals surface area (Å²) in [6.07, 6.45) is 1.38. The molecule has 0 unspecified atom stereocenters. The molecule has 2 rings (SSSR count). The van der Waals surface area contributed by atoms with E-state index in [2.05, 4.69) is 20.2 Å². The van der Waals surface area contributed by atoms with Crippen LogP contribution in [0.25, 0.3) is 0 Å². The monoisotopic (exact) mass is 280 g/mol. The highest BCUT2D eigenvalue weighted by atomic mass is 32.1. The summed E-state index contributed by atoms with van der Waals surface area (Å²) in [7, 11) is 0. The molecule has 98 valence electrons. The lowest BCUT2D eigenvalue weighted by Crippen LogP contribution is -2.19. The van der Waals surface area contributed by atoms with Crippen LogP contribution in [0.15, 0.2) is 24.4 Å². The van der Waals surface area contributed by atoms with E-state index in [4.69, 9.17) is 5.11 Å². The number of aromatic nitrogens is 2. The molecule has 4 N–H and O–H groups in total. The van der Waals surface area contributed by atoms with Gasteiger partial charge in [-0.1, -0.05) is 4.49 Å². The number of nitrogens with one attached hydrogen (secondary N) is 2. The van der Waals surface area contributed by atoms with Gasteiger partial charge < -0.3 is 15.5 Å². The number of hydrogen-bond acceptors (Lipinski definition) is 6. The molecule has 2 aromatic rings. The number of carboxylic acids is 1. The fourth-order valence-electron chi connectivity index (χ4n) is 1.28. The van der Waals surface area contributed by atoms with Crippen LogP contribution in [0.4, 0.5) is 15.5 Å². The molecule has 9 heteroatoms. The van der Waals surface area contributed by atoms with Crippen LogP contribution >= 0.6 is 11.5 Å². The molecule has 0 spiro atoms. The van der Waals surface area contributed by atoms with E-state index in [9.17, 15) is 14.7 Å². The molecular weight excluding hydrogens is 272 g/mol. The first-order chi connectivity index (χ1) is 9.06. The van der Waals surface area contributed by atoms with E-state index in [0.717, 1.165) is 17.6 Å². The normalized spacial score (nSPS) is 9.89. The van der Waals surface area contributed by atoms with E-state index < -0.39 is 12.0 Å². The van der Waals surface area contributed by atoms with Gasteiger partial charge >= 0.3 is 12.0 Å². The van der Waals surface area contributed by atoms with E-state index in [1.54, 1.807) is 0 Å². The number of carbonyl (C=O) groups excluding carboxylic acids is 1. The molecule has 0 fully saturated rings. The molecule has 0 bridgehead atoms. The molecule has 19 heavy (non-hydrogen) atoms. The molecule has 1 heterocycles. The molecule has 0 aliphatic heterocycles. The number of carboxylic acid groups (broad SMARTS) is 1. The Bertz CT molecular complexity index is 614. The Morgan fingerprint density at radius 3 is 2.68 bits per heavy atom. The summed E-state index contributed by atoms with van der Waals surface area (Å²) in [6, 6.07) is 3.16. The molecular formula is C10H8N4O4S. The fraction of sp³-hybridized carbons (Fsp3) is 0. The van der Waals surface area contributed by atoms with Crippen LogP contribution in [0.2, 0.25) is 0 Å². The van der Waals surface area contributed by atoms with Gasteiger partial charge in [0.05, 0.1) is 6.20 Å². The Morgan fingerprint density at radius 1 is 1.26 bits per heavy atom. The van der Waals surface area contributed by atoms with Crippen molar-refractivity contribution in [2.45, 2.75) is 0 Å². The number of carbonyl (C=O) groups is 2. The number of aromatic hydroxyl groups is 1. The lowest BCUT2D eigenvalue weighted by molar-refractivity contribution is 0.0693. The zero-order valence-electron chi connectivity index (χ0n) is 9.32. The topological polar surface area (TPSA) is 124 Å². The highest BCUT2D eigenvalue weighted by Gasteiger charge is 2.11. The molecule has 8 nitrogen and oxygen atoms in total. The van der Waals surface area contributed by atoms with Crippen LogP contribution < -0.4 is 10.6 Å². The van der Waals surface area contributed by atoms with Gasteiger partial charge in [0.1, 0.15) is 16.3 Å². The number of aromatic carboxylic acids is 1. The minimum absolute atomic E-state index is 0.241. The van der Waals surface area contributed by atoms with Gasteiger partial charge in [0.25, 0.3) is 0 Å². The van der Waals surface area contributed by atoms with E-state index in [-0.39, 0.29) is 17.0 Å². The van der Waals surface area contributed by atoms with Crippen LogP contribution in [-0.4, -0.2) is 31.8 Å². The molecule has 0 radical (unpaired) electrons. The third-order valence-electron chi connectivity index (χ3n) is 2.08. The van der Waals surface area contributed by atoms with Crippen molar-refractivity contribution < 1.29 is 19.8 Å². The Hall–Kier alpha value is -2.68. The van der Waals surface area contributed by atoms with Gasteiger partial charge in [-0.2, -0.15) is 0 Å². The standard InChI is InChI=1S/C10H8N4O4S/c15-7-2-1-5(3-6(7)9(16)17)12-10(18)13-8-4-11-14-19-8/h1-4,15H,(H,16,17)(H2,12,13,18). The summed E-state index contributed by atoms with van der Waals surface area (Å²) in [4.78, 5) is 22.4. The second-order valence-electron chi connectivity index (χ2n) is 3.40. The predicted molar refractivity (Wildman–Crippen MR) is 67.6 cm³/mol. The summed E-state index contributed by atoms with van der Waals surface area (Å²) in [5.41, 5.74) is -0.0533. The highest BCUT2D eigenvalue weighted by Crippen LogP contribution is 2.21. The molecule has 0 saturated carbocycles. The molecule has 0 aliphatic rings. The molecule has 0 aliphatic carbocycles. The maximum atomic E-state index is 11.6. The van der Waals surface area contributed by atoms with Crippen molar-refractivity contribution in [2.75, 3.05) is 10.6 Å². The van der Waals surface area contributed by atoms with Crippen molar-refractivity contribution in [2.24, 2.45) is 0 Å². The Labute approximate surface area is 110 Å². The van der Waals surface area contributed by atoms with Gasteiger partial charge in [0.15, 0.2) is 0 Å². The van der Waals surface area contributed by atoms with Crippen molar-refractivity contribution in [1.29, 1.82) is 0 Å². The van der Waals surface area contributed by atoms with E-state index in [1.807, 2.05) is 0 Å². The molecule has 0 atom stereocenters. The van der Waals surface area contributed by atoms with Crippen LogP contribution in [0, 0.1) is 0 Å². The number of anilines is 2. The van der Waals surface area contributed by atoms with Crippen molar-refractivity contribution >= 4 is 34.2 Å². The average Bonchev–Trinajstić information content (AvgIpc) is 2.84. The largest absolute Gasteiger partial charge is 0.507 e. The van der Waals surface area contributed by atoms with Crippen molar-refractivity contribution in [1.82, 2.24) is 9.59 Å². The van der Waals surface area contributed by atoms with Gasteiger partial charge in [-0.3, -0.25) is 5.32 Å². The van der Waals surface area contributed by atoms with Gasteiger partial charge in [-0.15, -0.1) is 5.10 Å². The Balaban J connectivity index is 2.09. The van der Waals surface area contributed by atoms with Crippen molar-refractivity contribution in [3.8, 4) is 5.75 Å². The average molecular weight is 280 g/mol. The number of hydrogen-bond donors (Lipinski definition) is 4. The van der Waals surface area contributed by atoms with Crippen LogP contribution in [0.3, 0.4) is 0 Å². The van der Waals surface area contributed by atoms with Gasteiger partial charge in [0, 0.05) is 17.2 Å². The summed E-state index contributed by atoms with van der Waals surface area (Å²) in [6.45, 7) is 0. The number of urea groups is 1. The van der Waals surface area contributed by atoms with Crippen molar-refractivity contribution in [3.63, 3.8) is 0 Å². The summed E-state index contributed by atoms with van der Waals surface area (Å²) >= 11 is 1.01. The molecule has 0 saturated heterocycles. The smallest absolute Gasteiger partial charge is 0.339 e. The first-order valence-corrected chi connectivity index (χ1v) is 5.75. The molecule has 1 aromatic heterocycles. The van der Waals surface area contributed by atoms with Gasteiger partial charge in [-0.05, 0) is 18.2 Å². The lowest BCUT2D eigenvalue weighted by atomic mass is 10.2. The maximum absolute atomic E-state index is 11.6.